The molecule has 2 heteroatoms. The molecule has 0 spiro atoms. The van der Waals surface area contributed by atoms with Gasteiger partial charge < -0.3 is 0 Å². The first-order valence-corrected chi connectivity index (χ1v) is 7.43. The summed E-state index contributed by atoms with van der Waals surface area (Å²) >= 11 is 0. The molecule has 0 aliphatic rings. The molecule has 11 heavy (non-hydrogen) atoms. The number of allylic oxidation sites excluding steroid dienone is 1. The van der Waals surface area contributed by atoms with Gasteiger partial charge >= 0.3 is 0 Å². The highest BCUT2D eigenvalue weighted by atomic mass is 28.4. The Morgan fingerprint density at radius 2 is 1.91 bits per heavy atom. The standard InChI is InChI=1S/C9H19OSi/c1-4-5-6-7-8-9-11(2,3)10/h8-9H,4-7H2,1-3H3. The Morgan fingerprint density at radius 3 is 2.36 bits per heavy atom. The number of rotatable bonds is 5. The number of unbranched alkanes of at least 4 members (excludes halogenated alkanes) is 3. The van der Waals surface area contributed by atoms with Crippen molar-refractivity contribution >= 4 is 8.32 Å². The summed E-state index contributed by atoms with van der Waals surface area (Å²) in [5, 5.41) is 0. The second-order valence-electron chi connectivity index (χ2n) is 3.50. The summed E-state index contributed by atoms with van der Waals surface area (Å²) in [7, 11) is -2.15. The molecule has 0 aromatic carbocycles. The van der Waals surface area contributed by atoms with E-state index in [1.54, 1.807) is 0 Å². The Morgan fingerprint density at radius 1 is 1.27 bits per heavy atom. The van der Waals surface area contributed by atoms with Crippen LogP contribution >= 0.6 is 0 Å². The third-order valence-corrected chi connectivity index (χ3v) is 2.53. The van der Waals surface area contributed by atoms with Crippen molar-refractivity contribution < 1.29 is 4.80 Å². The van der Waals surface area contributed by atoms with Crippen LogP contribution in [0.15, 0.2) is 11.8 Å². The highest BCUT2D eigenvalue weighted by molar-refractivity contribution is 6.74. The molecule has 0 aromatic rings. The summed E-state index contributed by atoms with van der Waals surface area (Å²) < 4.78 is 0. The lowest BCUT2D eigenvalue weighted by Gasteiger charge is -2.02. The minimum Gasteiger partial charge on any atom is -0.293 e. The minimum atomic E-state index is -2.15. The van der Waals surface area contributed by atoms with Gasteiger partial charge in [0.05, 0.1) is 0 Å². The predicted molar refractivity (Wildman–Crippen MR) is 51.5 cm³/mol. The Bertz CT molecular complexity index is 113. The van der Waals surface area contributed by atoms with Gasteiger partial charge in [0.2, 0.25) is 0 Å². The van der Waals surface area contributed by atoms with Crippen LogP contribution in [-0.2, 0) is 4.80 Å². The molecule has 0 aliphatic carbocycles. The van der Waals surface area contributed by atoms with Gasteiger partial charge in [-0.25, -0.2) is 0 Å². The van der Waals surface area contributed by atoms with E-state index in [4.69, 9.17) is 0 Å². The smallest absolute Gasteiger partial charge is 0.254 e. The Hall–Kier alpha value is -0.0831. The van der Waals surface area contributed by atoms with Crippen LogP contribution in [0.4, 0.5) is 0 Å². The van der Waals surface area contributed by atoms with Crippen molar-refractivity contribution in [1.29, 1.82) is 0 Å². The largest absolute Gasteiger partial charge is 0.293 e. The molecule has 0 aromatic heterocycles. The van der Waals surface area contributed by atoms with Gasteiger partial charge in [-0.15, -0.1) is 0 Å². The molecule has 1 radical (unpaired) electrons. The maximum absolute atomic E-state index is 11.2. The van der Waals surface area contributed by atoms with Crippen LogP contribution < -0.4 is 0 Å². The second-order valence-corrected chi connectivity index (χ2v) is 7.04. The van der Waals surface area contributed by atoms with E-state index in [2.05, 4.69) is 13.0 Å². The number of hydrogen-bond donors (Lipinski definition) is 0. The van der Waals surface area contributed by atoms with Crippen LogP contribution in [0.25, 0.3) is 0 Å². The van der Waals surface area contributed by atoms with Crippen molar-refractivity contribution in [3.63, 3.8) is 0 Å². The van der Waals surface area contributed by atoms with E-state index in [-0.39, 0.29) is 0 Å². The fraction of sp³-hybridized carbons (Fsp3) is 0.778. The summed E-state index contributed by atoms with van der Waals surface area (Å²) in [5.74, 6) is 0. The monoisotopic (exact) mass is 171 g/mol. The maximum Gasteiger partial charge on any atom is 0.254 e. The normalized spacial score (nSPS) is 12.7. The van der Waals surface area contributed by atoms with Crippen molar-refractivity contribution in [2.24, 2.45) is 0 Å². The molecule has 0 aliphatic heterocycles. The zero-order valence-electron chi connectivity index (χ0n) is 7.89. The molecule has 0 unspecified atom stereocenters. The quantitative estimate of drug-likeness (QED) is 0.447. The SMILES string of the molecule is CCCCCC=C[Si](C)(C)[O]. The van der Waals surface area contributed by atoms with E-state index in [9.17, 15) is 4.80 Å². The molecule has 0 fully saturated rings. The van der Waals surface area contributed by atoms with Crippen molar-refractivity contribution in [2.75, 3.05) is 0 Å². The lowest BCUT2D eigenvalue weighted by atomic mass is 10.2. The second kappa shape index (κ2) is 5.55. The molecule has 65 valence electrons. The molecule has 0 saturated carbocycles. The molecule has 1 nitrogen and oxygen atoms in total. The average molecular weight is 171 g/mol. The van der Waals surface area contributed by atoms with Gasteiger partial charge in [0.1, 0.15) is 0 Å². The van der Waals surface area contributed by atoms with Crippen molar-refractivity contribution in [2.45, 2.75) is 45.7 Å². The van der Waals surface area contributed by atoms with Crippen molar-refractivity contribution in [1.82, 2.24) is 0 Å². The molecule has 0 heterocycles. The minimum absolute atomic E-state index is 1.09. The van der Waals surface area contributed by atoms with Gasteiger partial charge in [-0.05, 0) is 25.9 Å². The van der Waals surface area contributed by atoms with Crippen LogP contribution in [-0.4, -0.2) is 8.32 Å². The lowest BCUT2D eigenvalue weighted by Crippen LogP contribution is -2.18. The van der Waals surface area contributed by atoms with Crippen LogP contribution in [0.2, 0.25) is 13.1 Å². The van der Waals surface area contributed by atoms with Gasteiger partial charge in [-0.1, -0.05) is 31.5 Å². The van der Waals surface area contributed by atoms with E-state index in [0.29, 0.717) is 0 Å². The molecule has 0 bridgehead atoms. The van der Waals surface area contributed by atoms with Gasteiger partial charge in [-0.2, -0.15) is 0 Å². The molecule has 0 saturated heterocycles. The lowest BCUT2D eigenvalue weighted by molar-refractivity contribution is 0.442. The first-order valence-electron chi connectivity index (χ1n) is 4.44. The molecule has 0 rings (SSSR count). The van der Waals surface area contributed by atoms with Crippen molar-refractivity contribution in [3.05, 3.63) is 11.8 Å². The zero-order valence-corrected chi connectivity index (χ0v) is 8.89. The van der Waals surface area contributed by atoms with Gasteiger partial charge in [0.25, 0.3) is 8.32 Å². The fourth-order valence-corrected chi connectivity index (χ4v) is 1.61. The Kier molecular flexibility index (Phi) is 5.51. The fourth-order valence-electron chi connectivity index (χ4n) is 0.879. The summed E-state index contributed by atoms with van der Waals surface area (Å²) in [5.41, 5.74) is 1.89. The van der Waals surface area contributed by atoms with E-state index in [0.717, 1.165) is 6.42 Å². The van der Waals surface area contributed by atoms with E-state index >= 15 is 0 Å². The van der Waals surface area contributed by atoms with Crippen LogP contribution in [0.5, 0.6) is 0 Å². The Balaban J connectivity index is 3.30. The number of hydrogen-bond acceptors (Lipinski definition) is 0. The maximum atomic E-state index is 11.2. The van der Waals surface area contributed by atoms with Gasteiger partial charge in [0, 0.05) is 0 Å². The van der Waals surface area contributed by atoms with Gasteiger partial charge in [-0.3, -0.25) is 4.80 Å². The summed E-state index contributed by atoms with van der Waals surface area (Å²) in [4.78, 5) is 11.2. The third-order valence-electron chi connectivity index (χ3n) is 1.49. The topological polar surface area (TPSA) is 19.9 Å². The first kappa shape index (κ1) is 10.9. The van der Waals surface area contributed by atoms with Crippen LogP contribution in [0.1, 0.15) is 32.6 Å². The summed E-state index contributed by atoms with van der Waals surface area (Å²) in [6.45, 7) is 5.84. The zero-order chi connectivity index (χ0) is 8.74. The average Bonchev–Trinajstić information content (AvgIpc) is 1.85. The van der Waals surface area contributed by atoms with Gasteiger partial charge in [0.15, 0.2) is 0 Å². The van der Waals surface area contributed by atoms with Crippen LogP contribution in [0.3, 0.4) is 0 Å². The molecule has 0 amide bonds. The molecular formula is C9H19OSi. The summed E-state index contributed by atoms with van der Waals surface area (Å²) in [6.07, 6.45) is 6.93. The highest BCUT2D eigenvalue weighted by Gasteiger charge is 2.13. The van der Waals surface area contributed by atoms with Crippen LogP contribution in [0, 0.1) is 0 Å². The van der Waals surface area contributed by atoms with E-state index < -0.39 is 8.32 Å². The van der Waals surface area contributed by atoms with E-state index in [1.807, 2.05) is 18.8 Å². The highest BCUT2D eigenvalue weighted by Crippen LogP contribution is 2.03. The molecule has 0 atom stereocenters. The summed E-state index contributed by atoms with van der Waals surface area (Å²) in [6, 6.07) is 0. The van der Waals surface area contributed by atoms with Crippen molar-refractivity contribution in [3.8, 4) is 0 Å². The Labute approximate surface area is 71.3 Å². The molecular weight excluding hydrogens is 152 g/mol. The first-order chi connectivity index (χ1) is 5.06. The molecule has 0 N–H and O–H groups in total. The predicted octanol–water partition coefficient (Wildman–Crippen LogP) is 3.30. The van der Waals surface area contributed by atoms with E-state index in [1.165, 1.54) is 19.3 Å². The third kappa shape index (κ3) is 9.92.